The highest BCUT2D eigenvalue weighted by Gasteiger charge is 2.27. The Morgan fingerprint density at radius 2 is 2.12 bits per heavy atom. The molecule has 7 nitrogen and oxygen atoms in total. The van der Waals surface area contributed by atoms with E-state index in [-0.39, 0.29) is 11.7 Å². The number of Topliss-reactive ketones (excluding diaryl/α,β-unsaturated/α-hetero) is 1. The average Bonchev–Trinajstić information content (AvgIpc) is 3.26. The topological polar surface area (TPSA) is 85.5 Å². The van der Waals surface area contributed by atoms with Crippen molar-refractivity contribution in [2.24, 2.45) is 0 Å². The average molecular weight is 377 g/mol. The van der Waals surface area contributed by atoms with E-state index in [2.05, 4.69) is 10.1 Å². The van der Waals surface area contributed by atoms with Gasteiger partial charge < -0.3 is 14.2 Å². The van der Waals surface area contributed by atoms with Crippen LogP contribution in [0.2, 0.25) is 0 Å². The lowest BCUT2D eigenvalue weighted by Crippen LogP contribution is -2.38. The Bertz CT molecular complexity index is 790. The van der Waals surface area contributed by atoms with Crippen molar-refractivity contribution < 1.29 is 18.8 Å². The molecule has 1 saturated heterocycles. The molecule has 0 bridgehead atoms. The number of rotatable bonds is 6. The maximum Gasteiger partial charge on any atom is 0.254 e. The van der Waals surface area contributed by atoms with Crippen LogP contribution in [-0.2, 0) is 11.2 Å². The van der Waals surface area contributed by atoms with Crippen LogP contribution in [0.1, 0.15) is 58.2 Å². The quantitative estimate of drug-likeness (QED) is 0.720. The third-order valence-corrected chi connectivity index (χ3v) is 6.08. The summed E-state index contributed by atoms with van der Waals surface area (Å²) in [7, 11) is 1.53. The predicted octanol–water partition coefficient (Wildman–Crippen LogP) is 2.99. The molecule has 1 aliphatic heterocycles. The molecule has 0 spiro atoms. The third-order valence-electron chi connectivity index (χ3n) is 4.66. The highest BCUT2D eigenvalue weighted by molar-refractivity contribution is 7.13. The standard InChI is InChI=1S/C18H23N3O4S/c1-11-17(12(2)22)26-18(19-11)13-6-8-21(9-7-13)16(23)5-4-14-10-15(24-3)20-25-14/h10,13H,4-9H2,1-3H3. The normalized spacial score (nSPS) is 15.3. The summed E-state index contributed by atoms with van der Waals surface area (Å²) < 4.78 is 10.1. The summed E-state index contributed by atoms with van der Waals surface area (Å²) in [6, 6.07) is 1.71. The monoisotopic (exact) mass is 377 g/mol. The van der Waals surface area contributed by atoms with Crippen LogP contribution in [0.25, 0.3) is 0 Å². The molecule has 1 amide bonds. The zero-order valence-corrected chi connectivity index (χ0v) is 16.1. The molecule has 26 heavy (non-hydrogen) atoms. The van der Waals surface area contributed by atoms with E-state index in [0.717, 1.165) is 41.5 Å². The van der Waals surface area contributed by atoms with Gasteiger partial charge in [0, 0.05) is 44.8 Å². The van der Waals surface area contributed by atoms with Crippen molar-refractivity contribution in [3.63, 3.8) is 0 Å². The number of aryl methyl sites for hydroxylation is 2. The van der Waals surface area contributed by atoms with Crippen molar-refractivity contribution in [2.75, 3.05) is 20.2 Å². The number of nitrogens with zero attached hydrogens (tertiary/aromatic N) is 3. The number of amides is 1. The van der Waals surface area contributed by atoms with Gasteiger partial charge in [-0.3, -0.25) is 9.59 Å². The third kappa shape index (κ3) is 4.12. The summed E-state index contributed by atoms with van der Waals surface area (Å²) in [6.07, 6.45) is 2.68. The van der Waals surface area contributed by atoms with E-state index in [1.54, 1.807) is 13.0 Å². The molecule has 2 aromatic heterocycles. The first-order chi connectivity index (χ1) is 12.5. The molecule has 0 unspecified atom stereocenters. The van der Waals surface area contributed by atoms with Crippen LogP contribution in [-0.4, -0.2) is 46.9 Å². The number of thiazole rings is 1. The lowest BCUT2D eigenvalue weighted by Gasteiger charge is -2.31. The minimum atomic E-state index is 0.0721. The van der Waals surface area contributed by atoms with E-state index < -0.39 is 0 Å². The maximum absolute atomic E-state index is 12.4. The molecule has 1 aliphatic rings. The molecule has 3 rings (SSSR count). The Hall–Kier alpha value is -2.22. The van der Waals surface area contributed by atoms with Gasteiger partial charge in [0.15, 0.2) is 5.78 Å². The van der Waals surface area contributed by atoms with Gasteiger partial charge in [-0.2, -0.15) is 0 Å². The van der Waals surface area contributed by atoms with E-state index in [1.165, 1.54) is 18.4 Å². The zero-order valence-electron chi connectivity index (χ0n) is 15.3. The molecule has 140 valence electrons. The van der Waals surface area contributed by atoms with Crippen LogP contribution < -0.4 is 4.74 Å². The number of carbonyl (C=O) groups excluding carboxylic acids is 2. The summed E-state index contributed by atoms with van der Waals surface area (Å²) in [4.78, 5) is 31.2. The van der Waals surface area contributed by atoms with Crippen molar-refractivity contribution in [3.05, 3.63) is 27.4 Å². The van der Waals surface area contributed by atoms with Gasteiger partial charge in [-0.1, -0.05) is 0 Å². The number of methoxy groups -OCH3 is 1. The molecule has 0 aliphatic carbocycles. The fourth-order valence-electron chi connectivity index (χ4n) is 3.19. The van der Waals surface area contributed by atoms with Crippen LogP contribution in [0, 0.1) is 6.92 Å². The van der Waals surface area contributed by atoms with Gasteiger partial charge >= 0.3 is 0 Å². The van der Waals surface area contributed by atoms with Crippen molar-refractivity contribution in [3.8, 4) is 5.88 Å². The van der Waals surface area contributed by atoms with Crippen LogP contribution in [0.5, 0.6) is 5.88 Å². The minimum Gasteiger partial charge on any atom is -0.479 e. The van der Waals surface area contributed by atoms with Crippen molar-refractivity contribution >= 4 is 23.0 Å². The largest absolute Gasteiger partial charge is 0.479 e. The first-order valence-corrected chi connectivity index (χ1v) is 9.55. The second-order valence-electron chi connectivity index (χ2n) is 6.51. The molecule has 0 saturated carbocycles. The van der Waals surface area contributed by atoms with Gasteiger partial charge in [0.05, 0.1) is 22.7 Å². The lowest BCUT2D eigenvalue weighted by molar-refractivity contribution is -0.132. The Morgan fingerprint density at radius 1 is 1.38 bits per heavy atom. The van der Waals surface area contributed by atoms with Gasteiger partial charge in [-0.05, 0) is 24.9 Å². The molecule has 0 aromatic carbocycles. The zero-order chi connectivity index (χ0) is 18.7. The SMILES string of the molecule is COc1cc(CCC(=O)N2CCC(c3nc(C)c(C(C)=O)s3)CC2)on1. The predicted molar refractivity (Wildman–Crippen MR) is 96.8 cm³/mol. The number of carbonyl (C=O) groups is 2. The fraction of sp³-hybridized carbons (Fsp3) is 0.556. The summed E-state index contributed by atoms with van der Waals surface area (Å²) >= 11 is 1.50. The number of likely N-dealkylation sites (tertiary alicyclic amines) is 1. The molecule has 8 heteroatoms. The number of piperidine rings is 1. The Morgan fingerprint density at radius 3 is 2.69 bits per heavy atom. The van der Waals surface area contributed by atoms with Crippen molar-refractivity contribution in [1.82, 2.24) is 15.0 Å². The van der Waals surface area contributed by atoms with Crippen molar-refractivity contribution in [1.29, 1.82) is 0 Å². The Labute approximate surface area is 156 Å². The first kappa shape index (κ1) is 18.6. The maximum atomic E-state index is 12.4. The summed E-state index contributed by atoms with van der Waals surface area (Å²) in [5.41, 5.74) is 0.818. The van der Waals surface area contributed by atoms with E-state index in [1.807, 2.05) is 11.8 Å². The molecular weight excluding hydrogens is 354 g/mol. The van der Waals surface area contributed by atoms with Crippen molar-refractivity contribution in [2.45, 2.75) is 45.4 Å². The van der Waals surface area contributed by atoms with Crippen LogP contribution in [0.3, 0.4) is 0 Å². The number of hydrogen-bond acceptors (Lipinski definition) is 7. The number of ketones is 1. The van der Waals surface area contributed by atoms with E-state index in [4.69, 9.17) is 9.26 Å². The minimum absolute atomic E-state index is 0.0721. The Kier molecular flexibility index (Phi) is 5.70. The second-order valence-corrected chi connectivity index (χ2v) is 7.54. The molecule has 0 atom stereocenters. The van der Waals surface area contributed by atoms with Gasteiger partial charge in [-0.25, -0.2) is 4.98 Å². The molecule has 1 fully saturated rings. The van der Waals surface area contributed by atoms with E-state index in [9.17, 15) is 9.59 Å². The van der Waals surface area contributed by atoms with Crippen LogP contribution in [0.15, 0.2) is 10.6 Å². The number of ether oxygens (including phenoxy) is 1. The highest BCUT2D eigenvalue weighted by Crippen LogP contribution is 2.33. The van der Waals surface area contributed by atoms with Gasteiger partial charge in [-0.15, -0.1) is 11.3 Å². The van der Waals surface area contributed by atoms with Gasteiger partial charge in [0.25, 0.3) is 5.88 Å². The Balaban J connectivity index is 1.50. The molecule has 3 heterocycles. The van der Waals surface area contributed by atoms with E-state index in [0.29, 0.717) is 30.4 Å². The lowest BCUT2D eigenvalue weighted by atomic mass is 9.97. The second kappa shape index (κ2) is 7.99. The molecule has 2 aromatic rings. The van der Waals surface area contributed by atoms with Crippen LogP contribution in [0.4, 0.5) is 0 Å². The summed E-state index contributed by atoms with van der Waals surface area (Å²) in [5, 5.41) is 4.76. The first-order valence-electron chi connectivity index (χ1n) is 8.73. The van der Waals surface area contributed by atoms with E-state index >= 15 is 0 Å². The number of aromatic nitrogens is 2. The fourth-order valence-corrected chi connectivity index (χ4v) is 4.32. The smallest absolute Gasteiger partial charge is 0.254 e. The van der Waals surface area contributed by atoms with Gasteiger partial charge in [0.2, 0.25) is 5.91 Å². The van der Waals surface area contributed by atoms with Crippen LogP contribution >= 0.6 is 11.3 Å². The highest BCUT2D eigenvalue weighted by atomic mass is 32.1. The molecular formula is C18H23N3O4S. The summed E-state index contributed by atoms with van der Waals surface area (Å²) in [5.74, 6) is 1.60. The van der Waals surface area contributed by atoms with Gasteiger partial charge in [0.1, 0.15) is 5.76 Å². The molecule has 0 radical (unpaired) electrons. The molecule has 0 N–H and O–H groups in total. The number of hydrogen-bond donors (Lipinski definition) is 0. The summed E-state index contributed by atoms with van der Waals surface area (Å²) in [6.45, 7) is 4.90.